The first kappa shape index (κ1) is 12.0. The molecule has 1 aliphatic rings. The topological polar surface area (TPSA) is 89.4 Å². The minimum Gasteiger partial charge on any atom is -0.368 e. The molecule has 0 bridgehead atoms. The van der Waals surface area contributed by atoms with E-state index in [0.29, 0.717) is 25.9 Å². The molecule has 15 heavy (non-hydrogen) atoms. The largest absolute Gasteiger partial charge is 0.368 e. The zero-order chi connectivity index (χ0) is 11.3. The molecule has 1 atom stereocenters. The number of carbonyl (C=O) groups is 2. The first-order chi connectivity index (χ1) is 7.16. The minimum atomic E-state index is -0.392. The Labute approximate surface area is 89.8 Å². The molecule has 0 spiro atoms. The number of hydrogen-bond donors (Lipinski definition) is 2. The van der Waals surface area contributed by atoms with Crippen molar-refractivity contribution < 1.29 is 9.59 Å². The second-order valence-electron chi connectivity index (χ2n) is 3.89. The van der Waals surface area contributed by atoms with E-state index in [2.05, 4.69) is 0 Å². The van der Waals surface area contributed by atoms with Crippen LogP contribution in [0, 0.1) is 0 Å². The standard InChI is InChI=1S/C10H19N3O2/c11-6-3-1-2-4-9(14)13-7-5-8(13)10(12)15/h8H,1-7,11H2,(H2,12,15). The maximum atomic E-state index is 11.6. The lowest BCUT2D eigenvalue weighted by molar-refractivity contribution is -0.146. The number of primary amides is 1. The highest BCUT2D eigenvalue weighted by atomic mass is 16.2. The molecule has 1 heterocycles. The van der Waals surface area contributed by atoms with Crippen molar-refractivity contribution in [2.45, 2.75) is 38.1 Å². The normalized spacial score (nSPS) is 19.8. The van der Waals surface area contributed by atoms with Crippen molar-refractivity contribution in [3.63, 3.8) is 0 Å². The SMILES string of the molecule is NCCCCCC(=O)N1CCC1C(N)=O. The Morgan fingerprint density at radius 1 is 1.27 bits per heavy atom. The van der Waals surface area contributed by atoms with Crippen molar-refractivity contribution in [1.82, 2.24) is 4.90 Å². The summed E-state index contributed by atoms with van der Waals surface area (Å²) >= 11 is 0. The fraction of sp³-hybridized carbons (Fsp3) is 0.800. The van der Waals surface area contributed by atoms with Gasteiger partial charge in [-0.25, -0.2) is 0 Å². The van der Waals surface area contributed by atoms with Crippen LogP contribution in [0.1, 0.15) is 32.1 Å². The van der Waals surface area contributed by atoms with Gasteiger partial charge in [0.05, 0.1) is 0 Å². The summed E-state index contributed by atoms with van der Waals surface area (Å²) in [6.45, 7) is 1.34. The van der Waals surface area contributed by atoms with Crippen molar-refractivity contribution in [1.29, 1.82) is 0 Å². The van der Waals surface area contributed by atoms with Gasteiger partial charge < -0.3 is 16.4 Å². The fourth-order valence-corrected chi connectivity index (χ4v) is 1.72. The molecule has 0 aromatic heterocycles. The predicted molar refractivity (Wildman–Crippen MR) is 56.8 cm³/mol. The molecule has 4 N–H and O–H groups in total. The van der Waals surface area contributed by atoms with Crippen molar-refractivity contribution >= 4 is 11.8 Å². The first-order valence-electron chi connectivity index (χ1n) is 5.45. The fourth-order valence-electron chi connectivity index (χ4n) is 1.72. The molecule has 1 saturated heterocycles. The molecule has 1 rings (SSSR count). The average Bonchev–Trinajstić information content (AvgIpc) is 2.09. The number of likely N-dealkylation sites (tertiary alicyclic amines) is 1. The van der Waals surface area contributed by atoms with Gasteiger partial charge in [-0.1, -0.05) is 6.42 Å². The van der Waals surface area contributed by atoms with E-state index in [1.54, 1.807) is 4.90 Å². The van der Waals surface area contributed by atoms with E-state index in [9.17, 15) is 9.59 Å². The van der Waals surface area contributed by atoms with Crippen molar-refractivity contribution in [3.8, 4) is 0 Å². The molecular weight excluding hydrogens is 194 g/mol. The number of rotatable bonds is 6. The van der Waals surface area contributed by atoms with Crippen LogP contribution in [0.2, 0.25) is 0 Å². The van der Waals surface area contributed by atoms with Crippen LogP contribution in [0.25, 0.3) is 0 Å². The van der Waals surface area contributed by atoms with E-state index in [-0.39, 0.29) is 11.9 Å². The Bertz CT molecular complexity index is 243. The minimum absolute atomic E-state index is 0.0436. The van der Waals surface area contributed by atoms with Crippen LogP contribution in [0.4, 0.5) is 0 Å². The maximum absolute atomic E-state index is 11.6. The van der Waals surface area contributed by atoms with Crippen molar-refractivity contribution in [2.24, 2.45) is 11.5 Å². The molecule has 0 saturated carbocycles. The number of nitrogens with zero attached hydrogens (tertiary/aromatic N) is 1. The molecule has 1 unspecified atom stereocenters. The Morgan fingerprint density at radius 3 is 2.47 bits per heavy atom. The molecule has 86 valence electrons. The van der Waals surface area contributed by atoms with Gasteiger partial charge in [-0.2, -0.15) is 0 Å². The quantitative estimate of drug-likeness (QED) is 0.588. The number of hydrogen-bond acceptors (Lipinski definition) is 3. The van der Waals surface area contributed by atoms with Crippen LogP contribution in [-0.4, -0.2) is 35.8 Å². The van der Waals surface area contributed by atoms with Gasteiger partial charge in [0.2, 0.25) is 11.8 Å². The zero-order valence-corrected chi connectivity index (χ0v) is 8.95. The van der Waals surface area contributed by atoms with Gasteiger partial charge >= 0.3 is 0 Å². The smallest absolute Gasteiger partial charge is 0.240 e. The van der Waals surface area contributed by atoms with E-state index in [4.69, 9.17) is 11.5 Å². The molecule has 1 fully saturated rings. The first-order valence-corrected chi connectivity index (χ1v) is 5.45. The third kappa shape index (κ3) is 3.20. The van der Waals surface area contributed by atoms with Crippen LogP contribution < -0.4 is 11.5 Å². The van der Waals surface area contributed by atoms with E-state index in [1.165, 1.54) is 0 Å². The second kappa shape index (κ2) is 5.70. The third-order valence-electron chi connectivity index (χ3n) is 2.76. The average molecular weight is 213 g/mol. The third-order valence-corrected chi connectivity index (χ3v) is 2.76. The summed E-state index contributed by atoms with van der Waals surface area (Å²) in [6, 6.07) is -0.355. The zero-order valence-electron chi connectivity index (χ0n) is 8.95. The second-order valence-corrected chi connectivity index (χ2v) is 3.89. The van der Waals surface area contributed by atoms with Crippen LogP contribution in [0.5, 0.6) is 0 Å². The summed E-state index contributed by atoms with van der Waals surface area (Å²) in [7, 11) is 0. The summed E-state index contributed by atoms with van der Waals surface area (Å²) in [6.07, 6.45) is 3.98. The summed E-state index contributed by atoms with van der Waals surface area (Å²) in [5, 5.41) is 0. The Balaban J connectivity index is 2.20. The maximum Gasteiger partial charge on any atom is 0.240 e. The molecule has 5 heteroatoms. The summed E-state index contributed by atoms with van der Waals surface area (Å²) in [5.41, 5.74) is 10.5. The summed E-state index contributed by atoms with van der Waals surface area (Å²) in [4.78, 5) is 24.0. The highest BCUT2D eigenvalue weighted by Gasteiger charge is 2.35. The highest BCUT2D eigenvalue weighted by Crippen LogP contribution is 2.18. The monoisotopic (exact) mass is 213 g/mol. The van der Waals surface area contributed by atoms with E-state index < -0.39 is 5.91 Å². The van der Waals surface area contributed by atoms with Gasteiger partial charge in [0, 0.05) is 13.0 Å². The van der Waals surface area contributed by atoms with Crippen molar-refractivity contribution in [3.05, 3.63) is 0 Å². The van der Waals surface area contributed by atoms with E-state index >= 15 is 0 Å². The molecule has 0 radical (unpaired) electrons. The molecular formula is C10H19N3O2. The van der Waals surface area contributed by atoms with E-state index in [0.717, 1.165) is 19.3 Å². The number of unbranched alkanes of at least 4 members (excludes halogenated alkanes) is 2. The van der Waals surface area contributed by atoms with Crippen LogP contribution in [0.3, 0.4) is 0 Å². The van der Waals surface area contributed by atoms with Gasteiger partial charge in [-0.05, 0) is 25.8 Å². The number of carbonyl (C=O) groups excluding carboxylic acids is 2. The molecule has 2 amide bonds. The molecule has 1 aliphatic heterocycles. The predicted octanol–water partition coefficient (Wildman–Crippen LogP) is -0.408. The highest BCUT2D eigenvalue weighted by molar-refractivity contribution is 5.88. The Kier molecular flexibility index (Phi) is 4.55. The molecule has 0 aromatic rings. The van der Waals surface area contributed by atoms with Crippen LogP contribution in [0.15, 0.2) is 0 Å². The Morgan fingerprint density at radius 2 is 2.00 bits per heavy atom. The molecule has 5 nitrogen and oxygen atoms in total. The lowest BCUT2D eigenvalue weighted by Gasteiger charge is -2.38. The van der Waals surface area contributed by atoms with E-state index in [1.807, 2.05) is 0 Å². The van der Waals surface area contributed by atoms with Crippen LogP contribution >= 0.6 is 0 Å². The lowest BCUT2D eigenvalue weighted by Crippen LogP contribution is -2.57. The van der Waals surface area contributed by atoms with Gasteiger partial charge in [0.15, 0.2) is 0 Å². The number of amides is 2. The van der Waals surface area contributed by atoms with Gasteiger partial charge in [-0.15, -0.1) is 0 Å². The lowest BCUT2D eigenvalue weighted by atomic mass is 10.0. The summed E-state index contributed by atoms with van der Waals surface area (Å²) < 4.78 is 0. The molecule has 0 aliphatic carbocycles. The Hall–Kier alpha value is -1.10. The van der Waals surface area contributed by atoms with Gasteiger partial charge in [-0.3, -0.25) is 9.59 Å². The van der Waals surface area contributed by atoms with Crippen LogP contribution in [-0.2, 0) is 9.59 Å². The summed E-state index contributed by atoms with van der Waals surface area (Å²) in [5.74, 6) is -0.348. The van der Waals surface area contributed by atoms with Crippen molar-refractivity contribution in [2.75, 3.05) is 13.1 Å². The number of nitrogens with two attached hydrogens (primary N) is 2. The van der Waals surface area contributed by atoms with Gasteiger partial charge in [0.1, 0.15) is 6.04 Å². The molecule has 0 aromatic carbocycles. The van der Waals surface area contributed by atoms with Gasteiger partial charge in [0.25, 0.3) is 0 Å².